The Morgan fingerprint density at radius 3 is 2.38 bits per heavy atom. The Hall–Kier alpha value is -2.29. The molecule has 1 aromatic rings. The molecule has 0 bridgehead atoms. The zero-order chi connectivity index (χ0) is 16.2. The second kappa shape index (κ2) is 6.44. The highest BCUT2D eigenvalue weighted by Gasteiger charge is 2.35. The molecule has 0 aliphatic heterocycles. The van der Waals surface area contributed by atoms with E-state index in [2.05, 4.69) is 10.6 Å². The Morgan fingerprint density at radius 1 is 1.29 bits per heavy atom. The number of carbonyl (C=O) groups is 2. The van der Waals surface area contributed by atoms with Crippen molar-refractivity contribution in [3.8, 4) is 0 Å². The predicted octanol–water partition coefficient (Wildman–Crippen LogP) is 0.855. The van der Waals surface area contributed by atoms with Crippen molar-refractivity contribution in [3.63, 3.8) is 0 Å². The van der Waals surface area contributed by atoms with Crippen LogP contribution in [0.2, 0.25) is 0 Å². The van der Waals surface area contributed by atoms with Gasteiger partial charge in [-0.2, -0.15) is 13.2 Å². The molecule has 1 rings (SSSR count). The normalized spacial score (nSPS) is 12.5. The fraction of sp³-hybridized carbons (Fsp3) is 0.333. The van der Waals surface area contributed by atoms with Crippen LogP contribution in [0.5, 0.6) is 0 Å². The van der Waals surface area contributed by atoms with E-state index in [9.17, 15) is 22.8 Å². The molecule has 0 saturated heterocycles. The monoisotopic (exact) mass is 304 g/mol. The number of amides is 2. The van der Waals surface area contributed by atoms with Crippen LogP contribution in [0.15, 0.2) is 18.2 Å². The molecule has 1 unspecified atom stereocenters. The molecule has 0 fully saturated rings. The van der Waals surface area contributed by atoms with Gasteiger partial charge in [-0.1, -0.05) is 6.07 Å². The van der Waals surface area contributed by atoms with Crippen molar-refractivity contribution in [3.05, 3.63) is 29.3 Å². The van der Waals surface area contributed by atoms with Crippen molar-refractivity contribution in [1.82, 2.24) is 10.6 Å². The van der Waals surface area contributed by atoms with Gasteiger partial charge >= 0.3 is 6.18 Å². The number of benzene rings is 1. The summed E-state index contributed by atoms with van der Waals surface area (Å²) in [4.78, 5) is 23.3. The molecule has 0 aliphatic carbocycles. The van der Waals surface area contributed by atoms with Gasteiger partial charge in [-0.3, -0.25) is 15.4 Å². The van der Waals surface area contributed by atoms with E-state index in [1.54, 1.807) is 0 Å². The molecule has 0 aliphatic rings. The molecule has 0 aromatic heterocycles. The van der Waals surface area contributed by atoms with Crippen LogP contribution in [-0.4, -0.2) is 24.9 Å². The Labute approximate surface area is 118 Å². The molecule has 21 heavy (non-hydrogen) atoms. The number of hydrogen-bond acceptors (Lipinski definition) is 4. The number of nitrogens with two attached hydrogens (primary N) is 1. The van der Waals surface area contributed by atoms with Crippen LogP contribution in [0.4, 0.5) is 18.9 Å². The molecule has 9 heteroatoms. The molecule has 5 N–H and O–H groups in total. The van der Waals surface area contributed by atoms with Gasteiger partial charge in [0, 0.05) is 7.05 Å². The minimum absolute atomic E-state index is 0.303. The smallest absolute Gasteiger partial charge is 0.357 e. The number of alkyl halides is 3. The number of hydrazine groups is 1. The zero-order valence-corrected chi connectivity index (χ0v) is 11.3. The molecule has 0 heterocycles. The van der Waals surface area contributed by atoms with E-state index in [4.69, 9.17) is 5.84 Å². The summed E-state index contributed by atoms with van der Waals surface area (Å²) in [5.74, 6) is 3.78. The largest absolute Gasteiger partial charge is 0.418 e. The maximum atomic E-state index is 12.8. The van der Waals surface area contributed by atoms with Gasteiger partial charge in [-0.15, -0.1) is 0 Å². The van der Waals surface area contributed by atoms with E-state index in [0.29, 0.717) is 0 Å². The van der Waals surface area contributed by atoms with Crippen LogP contribution in [0.1, 0.15) is 22.8 Å². The van der Waals surface area contributed by atoms with Crippen molar-refractivity contribution in [1.29, 1.82) is 0 Å². The minimum Gasteiger partial charge on any atom is -0.357 e. The Bertz CT molecular complexity index is 546. The van der Waals surface area contributed by atoms with Crippen molar-refractivity contribution in [2.75, 3.05) is 12.5 Å². The molecule has 0 spiro atoms. The number of nitrogen functional groups attached to an aromatic ring is 1. The highest BCUT2D eigenvalue weighted by molar-refractivity contribution is 6.02. The van der Waals surface area contributed by atoms with Crippen LogP contribution in [0, 0.1) is 0 Å². The molecular formula is C12H15F3N4O2. The molecule has 0 saturated carbocycles. The Morgan fingerprint density at radius 2 is 1.90 bits per heavy atom. The van der Waals surface area contributed by atoms with Crippen molar-refractivity contribution in [2.24, 2.45) is 5.84 Å². The topological polar surface area (TPSA) is 96.2 Å². The average molecular weight is 304 g/mol. The van der Waals surface area contributed by atoms with Crippen LogP contribution >= 0.6 is 0 Å². The maximum Gasteiger partial charge on any atom is 0.418 e. The lowest BCUT2D eigenvalue weighted by Gasteiger charge is -2.17. The summed E-state index contributed by atoms with van der Waals surface area (Å²) >= 11 is 0. The van der Waals surface area contributed by atoms with Crippen LogP contribution in [0.25, 0.3) is 0 Å². The second-order valence-electron chi connectivity index (χ2n) is 4.18. The highest BCUT2D eigenvalue weighted by Crippen LogP contribution is 2.36. The first kappa shape index (κ1) is 16.8. The van der Waals surface area contributed by atoms with E-state index >= 15 is 0 Å². The highest BCUT2D eigenvalue weighted by atomic mass is 19.4. The first-order chi connectivity index (χ1) is 9.72. The molecule has 1 aromatic carbocycles. The first-order valence-electron chi connectivity index (χ1n) is 5.91. The standard InChI is InChI=1S/C12H15F3N4O2/c1-6(10(20)17-2)18-11(21)7-4-3-5-8(9(7)19-16)12(13,14)15/h3-6,19H,16H2,1-2H3,(H,17,20)(H,18,21). The lowest BCUT2D eigenvalue weighted by Crippen LogP contribution is -2.43. The first-order valence-corrected chi connectivity index (χ1v) is 5.91. The lowest BCUT2D eigenvalue weighted by molar-refractivity contribution is -0.137. The molecule has 0 radical (unpaired) electrons. The van der Waals surface area contributed by atoms with Crippen molar-refractivity contribution < 1.29 is 22.8 Å². The minimum atomic E-state index is -4.66. The van der Waals surface area contributed by atoms with Crippen molar-refractivity contribution in [2.45, 2.75) is 19.1 Å². The van der Waals surface area contributed by atoms with Gasteiger partial charge in [0.25, 0.3) is 5.91 Å². The number of rotatable bonds is 4. The number of hydrogen-bond donors (Lipinski definition) is 4. The Balaban J connectivity index is 3.13. The third-order valence-electron chi connectivity index (χ3n) is 2.75. The fourth-order valence-electron chi connectivity index (χ4n) is 1.69. The van der Waals surface area contributed by atoms with E-state index in [-0.39, 0.29) is 5.56 Å². The summed E-state index contributed by atoms with van der Waals surface area (Å²) in [5, 5.41) is 4.60. The summed E-state index contributed by atoms with van der Waals surface area (Å²) in [5.41, 5.74) is -0.0300. The molecular weight excluding hydrogens is 289 g/mol. The van der Waals surface area contributed by atoms with Gasteiger partial charge in [0.05, 0.1) is 16.8 Å². The van der Waals surface area contributed by atoms with Gasteiger partial charge in [0.15, 0.2) is 0 Å². The molecule has 116 valence electrons. The fourth-order valence-corrected chi connectivity index (χ4v) is 1.69. The third kappa shape index (κ3) is 3.85. The predicted molar refractivity (Wildman–Crippen MR) is 70.2 cm³/mol. The maximum absolute atomic E-state index is 12.8. The van der Waals surface area contributed by atoms with Crippen molar-refractivity contribution >= 4 is 17.5 Å². The van der Waals surface area contributed by atoms with Gasteiger partial charge in [-0.05, 0) is 19.1 Å². The van der Waals surface area contributed by atoms with E-state index < -0.39 is 35.3 Å². The van der Waals surface area contributed by atoms with Crippen LogP contribution in [0.3, 0.4) is 0 Å². The lowest BCUT2D eigenvalue weighted by atomic mass is 10.1. The van der Waals surface area contributed by atoms with Gasteiger partial charge in [0.2, 0.25) is 5.91 Å². The summed E-state index contributed by atoms with van der Waals surface area (Å²) in [6.07, 6.45) is -4.66. The zero-order valence-electron chi connectivity index (χ0n) is 11.3. The average Bonchev–Trinajstić information content (AvgIpc) is 2.44. The molecule has 1 atom stereocenters. The van der Waals surface area contributed by atoms with Gasteiger partial charge < -0.3 is 16.1 Å². The second-order valence-corrected chi connectivity index (χ2v) is 4.18. The number of likely N-dealkylation sites (N-methyl/N-ethyl adjacent to an activating group) is 1. The molecule has 6 nitrogen and oxygen atoms in total. The summed E-state index contributed by atoms with van der Waals surface area (Å²) in [7, 11) is 1.38. The third-order valence-corrected chi connectivity index (χ3v) is 2.75. The van der Waals surface area contributed by atoms with Gasteiger partial charge in [0.1, 0.15) is 6.04 Å². The van der Waals surface area contributed by atoms with Crippen LogP contribution in [-0.2, 0) is 11.0 Å². The number of anilines is 1. The summed E-state index contributed by atoms with van der Waals surface area (Å²) < 4.78 is 38.5. The summed E-state index contributed by atoms with van der Waals surface area (Å²) in [6, 6.07) is 2.16. The number of nitrogens with one attached hydrogen (secondary N) is 3. The quantitative estimate of drug-likeness (QED) is 0.490. The number of para-hydroxylation sites is 1. The summed E-state index contributed by atoms with van der Waals surface area (Å²) in [6.45, 7) is 1.40. The van der Waals surface area contributed by atoms with Crippen LogP contribution < -0.4 is 21.9 Å². The molecule has 2 amide bonds. The number of halogens is 3. The van der Waals surface area contributed by atoms with Gasteiger partial charge in [-0.25, -0.2) is 0 Å². The SMILES string of the molecule is CNC(=O)C(C)NC(=O)c1cccc(C(F)(F)F)c1NN. The van der Waals surface area contributed by atoms with E-state index in [1.165, 1.54) is 20.0 Å². The number of carbonyl (C=O) groups excluding carboxylic acids is 2. The van der Waals surface area contributed by atoms with E-state index in [1.807, 2.05) is 5.43 Å². The Kier molecular flexibility index (Phi) is 5.14. The van der Waals surface area contributed by atoms with E-state index in [0.717, 1.165) is 12.1 Å².